The summed E-state index contributed by atoms with van der Waals surface area (Å²) in [4.78, 5) is 4.06. The van der Waals surface area contributed by atoms with Gasteiger partial charge in [-0.05, 0) is 6.42 Å². The van der Waals surface area contributed by atoms with E-state index in [0.717, 1.165) is 11.3 Å². The predicted molar refractivity (Wildman–Crippen MR) is 52.4 cm³/mol. The smallest absolute Gasteiger partial charge is 0.249 e. The minimum Gasteiger partial charge on any atom is -0.365 e. The number of hydrogen-bond acceptors (Lipinski definition) is 5. The van der Waals surface area contributed by atoms with Crippen LogP contribution in [0.2, 0.25) is 0 Å². The molecule has 0 bridgehead atoms. The second-order valence-electron chi connectivity index (χ2n) is 2.40. The first kappa shape index (κ1) is 10.4. The second-order valence-corrected chi connectivity index (χ2v) is 5.16. The molecule has 0 amide bonds. The van der Waals surface area contributed by atoms with Crippen LogP contribution in [0.3, 0.4) is 0 Å². The number of rotatable bonds is 3. The Morgan fingerprint density at radius 1 is 1.62 bits per heavy atom. The quantitative estimate of drug-likeness (QED) is 0.773. The van der Waals surface area contributed by atoms with Gasteiger partial charge in [0.2, 0.25) is 10.0 Å². The van der Waals surface area contributed by atoms with E-state index in [2.05, 4.69) is 10.3 Å². The van der Waals surface area contributed by atoms with Crippen molar-refractivity contribution >= 4 is 26.5 Å². The van der Waals surface area contributed by atoms with E-state index in [0.29, 0.717) is 17.2 Å². The molecule has 0 saturated carbocycles. The normalized spacial score (nSPS) is 11.6. The lowest BCUT2D eigenvalue weighted by molar-refractivity contribution is 0.598. The molecule has 0 aromatic carbocycles. The highest BCUT2D eigenvalue weighted by atomic mass is 32.2. The van der Waals surface area contributed by atoms with Gasteiger partial charge in [0.05, 0.1) is 5.69 Å². The summed E-state index contributed by atoms with van der Waals surface area (Å²) in [5, 5.41) is 8.37. The molecule has 0 atom stereocenters. The Hall–Kier alpha value is -0.660. The summed E-state index contributed by atoms with van der Waals surface area (Å²) >= 11 is 1.06. The number of nitrogens with one attached hydrogen (secondary N) is 1. The molecule has 0 fully saturated rings. The second kappa shape index (κ2) is 3.60. The number of anilines is 1. The Morgan fingerprint density at radius 3 is 2.54 bits per heavy atom. The van der Waals surface area contributed by atoms with Gasteiger partial charge in [0.15, 0.2) is 9.34 Å². The van der Waals surface area contributed by atoms with Crippen molar-refractivity contribution in [2.75, 3.05) is 12.4 Å². The Kier molecular flexibility index (Phi) is 2.89. The monoisotopic (exact) mass is 221 g/mol. The number of aromatic nitrogens is 1. The van der Waals surface area contributed by atoms with Gasteiger partial charge in [-0.15, -0.1) is 0 Å². The molecule has 0 aliphatic rings. The van der Waals surface area contributed by atoms with E-state index in [1.165, 1.54) is 0 Å². The van der Waals surface area contributed by atoms with Crippen LogP contribution in [0.15, 0.2) is 4.21 Å². The number of aryl methyl sites for hydroxylation is 1. The summed E-state index contributed by atoms with van der Waals surface area (Å²) in [5.74, 6) is 0. The standard InChI is InChI=1S/C6H11N3O2S2/c1-3-4-5(13(7,10)11)12-6(8-2)9-4/h3H2,1-2H3,(H,8,9)(H2,7,10,11). The zero-order valence-corrected chi connectivity index (χ0v) is 9.00. The molecule has 13 heavy (non-hydrogen) atoms. The highest BCUT2D eigenvalue weighted by Crippen LogP contribution is 2.26. The summed E-state index contributed by atoms with van der Waals surface area (Å²) in [6.45, 7) is 1.84. The molecule has 0 aliphatic carbocycles. The van der Waals surface area contributed by atoms with E-state index in [9.17, 15) is 8.42 Å². The van der Waals surface area contributed by atoms with Crippen molar-refractivity contribution in [1.82, 2.24) is 4.98 Å². The van der Waals surface area contributed by atoms with Gasteiger partial charge < -0.3 is 5.32 Å². The van der Waals surface area contributed by atoms with Gasteiger partial charge in [-0.25, -0.2) is 18.5 Å². The van der Waals surface area contributed by atoms with Crippen molar-refractivity contribution in [3.63, 3.8) is 0 Å². The minimum absolute atomic E-state index is 0.152. The van der Waals surface area contributed by atoms with Gasteiger partial charge >= 0.3 is 0 Å². The first-order valence-electron chi connectivity index (χ1n) is 3.69. The van der Waals surface area contributed by atoms with E-state index in [1.807, 2.05) is 6.92 Å². The van der Waals surface area contributed by atoms with E-state index in [4.69, 9.17) is 5.14 Å². The van der Waals surface area contributed by atoms with Gasteiger partial charge in [-0.3, -0.25) is 0 Å². The summed E-state index contributed by atoms with van der Waals surface area (Å²) in [6, 6.07) is 0. The van der Waals surface area contributed by atoms with Crippen molar-refractivity contribution in [1.29, 1.82) is 0 Å². The highest BCUT2D eigenvalue weighted by molar-refractivity contribution is 7.91. The van der Waals surface area contributed by atoms with Crippen molar-refractivity contribution in [3.8, 4) is 0 Å². The zero-order valence-electron chi connectivity index (χ0n) is 7.36. The van der Waals surface area contributed by atoms with Crippen LogP contribution >= 0.6 is 11.3 Å². The van der Waals surface area contributed by atoms with Crippen molar-refractivity contribution in [3.05, 3.63) is 5.69 Å². The van der Waals surface area contributed by atoms with Gasteiger partial charge in [0.1, 0.15) is 0 Å². The van der Waals surface area contributed by atoms with Gasteiger partial charge in [-0.1, -0.05) is 18.3 Å². The van der Waals surface area contributed by atoms with Gasteiger partial charge in [0, 0.05) is 7.05 Å². The molecule has 5 nitrogen and oxygen atoms in total. The average molecular weight is 221 g/mol. The first-order valence-corrected chi connectivity index (χ1v) is 6.05. The maximum Gasteiger partial charge on any atom is 0.249 e. The molecule has 0 spiro atoms. The minimum atomic E-state index is -3.62. The third-order valence-corrected chi connectivity index (χ3v) is 4.08. The number of sulfonamides is 1. The molecule has 1 aromatic heterocycles. The summed E-state index contributed by atoms with van der Waals surface area (Å²) in [5.41, 5.74) is 0.525. The molecule has 1 aromatic rings. The lowest BCUT2D eigenvalue weighted by Gasteiger charge is -1.93. The highest BCUT2D eigenvalue weighted by Gasteiger charge is 2.18. The SMILES string of the molecule is CCc1nc(NC)sc1S(N)(=O)=O. The van der Waals surface area contributed by atoms with Crippen LogP contribution in [-0.4, -0.2) is 20.4 Å². The molecular weight excluding hydrogens is 210 g/mol. The number of thiazole rings is 1. The fraction of sp³-hybridized carbons (Fsp3) is 0.500. The Balaban J connectivity index is 3.28. The lowest BCUT2D eigenvalue weighted by atomic mass is 10.4. The molecule has 3 N–H and O–H groups in total. The summed E-state index contributed by atoms with van der Waals surface area (Å²) in [6.07, 6.45) is 0.559. The molecule has 1 rings (SSSR count). The summed E-state index contributed by atoms with van der Waals surface area (Å²) in [7, 11) is -1.93. The predicted octanol–water partition coefficient (Wildman–Crippen LogP) is 0.395. The molecular formula is C6H11N3O2S2. The number of hydrogen-bond donors (Lipinski definition) is 2. The largest absolute Gasteiger partial charge is 0.365 e. The Labute approximate surface area is 81.0 Å². The van der Waals surface area contributed by atoms with Crippen LogP contribution in [0.1, 0.15) is 12.6 Å². The van der Waals surface area contributed by atoms with Crippen LogP contribution in [0.5, 0.6) is 0 Å². The van der Waals surface area contributed by atoms with Crippen molar-refractivity contribution in [2.45, 2.75) is 17.6 Å². The van der Waals surface area contributed by atoms with E-state index in [1.54, 1.807) is 7.05 Å². The number of nitrogens with zero attached hydrogens (tertiary/aromatic N) is 1. The zero-order chi connectivity index (χ0) is 10.1. The maximum atomic E-state index is 11.1. The van der Waals surface area contributed by atoms with Crippen LogP contribution in [-0.2, 0) is 16.4 Å². The molecule has 0 saturated heterocycles. The van der Waals surface area contributed by atoms with Gasteiger partial charge in [-0.2, -0.15) is 0 Å². The Morgan fingerprint density at radius 2 is 2.23 bits per heavy atom. The molecule has 1 heterocycles. The van der Waals surface area contributed by atoms with Crippen LogP contribution in [0, 0.1) is 0 Å². The third-order valence-electron chi connectivity index (χ3n) is 1.47. The molecule has 74 valence electrons. The molecule has 7 heteroatoms. The van der Waals surface area contributed by atoms with E-state index >= 15 is 0 Å². The lowest BCUT2D eigenvalue weighted by Crippen LogP contribution is -2.12. The van der Waals surface area contributed by atoms with Crippen LogP contribution < -0.4 is 10.5 Å². The topological polar surface area (TPSA) is 85.1 Å². The molecule has 0 radical (unpaired) electrons. The summed E-state index contributed by atoms with van der Waals surface area (Å²) < 4.78 is 22.3. The van der Waals surface area contributed by atoms with Crippen molar-refractivity contribution < 1.29 is 8.42 Å². The third kappa shape index (κ3) is 2.17. The maximum absolute atomic E-state index is 11.1. The fourth-order valence-corrected chi connectivity index (χ4v) is 2.85. The number of primary sulfonamides is 1. The fourth-order valence-electron chi connectivity index (χ4n) is 0.890. The van der Waals surface area contributed by atoms with Gasteiger partial charge in [0.25, 0.3) is 0 Å². The van der Waals surface area contributed by atoms with Crippen LogP contribution in [0.25, 0.3) is 0 Å². The van der Waals surface area contributed by atoms with Crippen molar-refractivity contribution in [2.24, 2.45) is 5.14 Å². The Bertz CT molecular complexity index is 396. The van der Waals surface area contributed by atoms with E-state index < -0.39 is 10.0 Å². The average Bonchev–Trinajstić information content (AvgIpc) is 2.46. The van der Waals surface area contributed by atoms with E-state index in [-0.39, 0.29) is 4.21 Å². The first-order chi connectivity index (χ1) is 5.99. The number of nitrogens with two attached hydrogens (primary N) is 1. The molecule has 0 unspecified atom stereocenters. The van der Waals surface area contributed by atoms with Crippen LogP contribution in [0.4, 0.5) is 5.13 Å². The molecule has 0 aliphatic heterocycles.